The molecule has 4 fully saturated rings. The number of hydrogen-bond acceptors (Lipinski definition) is 6. The Morgan fingerprint density at radius 3 is 2.02 bits per heavy atom. The van der Waals surface area contributed by atoms with E-state index in [9.17, 15) is 34.2 Å². The Kier molecular flexibility index (Phi) is 8.63. The molecule has 0 saturated heterocycles. The largest absolute Gasteiger partial charge is 0.478 e. The van der Waals surface area contributed by atoms with Crippen LogP contribution in [0.2, 0.25) is 0 Å². The first-order valence-electron chi connectivity index (χ1n) is 17.0. The monoisotopic (exact) mass is 677 g/mol. The number of likely N-dealkylation sites (N-methyl/N-ethyl adjacent to an activating group) is 1. The number of hydrogen-bond donors (Lipinski definition) is 5. The molecule has 1 unspecified atom stereocenters. The molecular formula is C38H39N5O7. The summed E-state index contributed by atoms with van der Waals surface area (Å²) in [6, 6.07) is 15.4. The van der Waals surface area contributed by atoms with Gasteiger partial charge in [-0.2, -0.15) is 0 Å². The number of carboxylic acids is 2. The van der Waals surface area contributed by atoms with Gasteiger partial charge in [0.2, 0.25) is 5.91 Å². The molecule has 4 aliphatic rings. The molecule has 5 N–H and O–H groups in total. The van der Waals surface area contributed by atoms with E-state index in [1.165, 1.54) is 49.7 Å². The predicted molar refractivity (Wildman–Crippen MR) is 184 cm³/mol. The van der Waals surface area contributed by atoms with Gasteiger partial charge in [-0.3, -0.25) is 14.4 Å². The number of imidazole rings is 1. The van der Waals surface area contributed by atoms with Crippen molar-refractivity contribution in [1.29, 1.82) is 0 Å². The Morgan fingerprint density at radius 1 is 0.840 bits per heavy atom. The third kappa shape index (κ3) is 6.45. The number of anilines is 1. The first kappa shape index (κ1) is 33.0. The summed E-state index contributed by atoms with van der Waals surface area (Å²) in [4.78, 5) is 73.7. The van der Waals surface area contributed by atoms with Gasteiger partial charge in [0.1, 0.15) is 0 Å². The van der Waals surface area contributed by atoms with Gasteiger partial charge in [-0.15, -0.1) is 0 Å². The summed E-state index contributed by atoms with van der Waals surface area (Å²) in [5, 5.41) is 25.2. The SMILES string of the molecule is CN(C(=O)C(CNC(=O)c1cc2nc[nH]c2cc1C(=O)NCC12CC3CC(CC(C3)C1)C2)c1ccccc1)c1cc(C(=O)O)cc(C(=O)O)c1. The molecule has 4 saturated carbocycles. The van der Waals surface area contributed by atoms with Crippen LogP contribution in [0.4, 0.5) is 5.69 Å². The Hall–Kier alpha value is -5.52. The molecule has 3 amide bonds. The van der Waals surface area contributed by atoms with Crippen molar-refractivity contribution in [2.45, 2.75) is 44.4 Å². The molecule has 1 atom stereocenters. The molecule has 3 aromatic carbocycles. The van der Waals surface area contributed by atoms with Gasteiger partial charge in [0.25, 0.3) is 11.8 Å². The molecule has 4 aliphatic carbocycles. The molecule has 258 valence electrons. The fourth-order valence-corrected chi connectivity index (χ4v) is 8.96. The molecule has 12 nitrogen and oxygen atoms in total. The number of aromatic carboxylic acids is 2. The summed E-state index contributed by atoms with van der Waals surface area (Å²) in [6.45, 7) is 0.407. The average Bonchev–Trinajstić information content (AvgIpc) is 3.57. The Bertz CT molecular complexity index is 1940. The van der Waals surface area contributed by atoms with Crippen molar-refractivity contribution >= 4 is 46.4 Å². The van der Waals surface area contributed by atoms with E-state index >= 15 is 0 Å². The highest BCUT2D eigenvalue weighted by molar-refractivity contribution is 6.10. The van der Waals surface area contributed by atoms with Crippen molar-refractivity contribution in [1.82, 2.24) is 20.6 Å². The number of carbonyl (C=O) groups is 5. The van der Waals surface area contributed by atoms with Crippen molar-refractivity contribution < 1.29 is 34.2 Å². The van der Waals surface area contributed by atoms with Crippen LogP contribution < -0.4 is 15.5 Å². The summed E-state index contributed by atoms with van der Waals surface area (Å²) in [6.07, 6.45) is 8.80. The van der Waals surface area contributed by atoms with Gasteiger partial charge in [-0.05, 0) is 97.6 Å². The Labute approximate surface area is 288 Å². The second-order valence-electron chi connectivity index (χ2n) is 14.4. The Balaban J connectivity index is 1.12. The summed E-state index contributed by atoms with van der Waals surface area (Å²) in [5.74, 6) is -2.82. The topological polar surface area (TPSA) is 182 Å². The minimum Gasteiger partial charge on any atom is -0.478 e. The van der Waals surface area contributed by atoms with Gasteiger partial charge in [0.05, 0.1) is 45.5 Å². The molecule has 8 rings (SSSR count). The number of nitrogens with zero attached hydrogens (tertiary/aromatic N) is 2. The maximum absolute atomic E-state index is 14.0. The van der Waals surface area contributed by atoms with E-state index in [0.717, 1.165) is 43.1 Å². The number of aromatic nitrogens is 2. The fourth-order valence-electron chi connectivity index (χ4n) is 8.96. The number of carboxylic acid groups (broad SMARTS) is 2. The van der Waals surface area contributed by atoms with Gasteiger partial charge < -0.3 is 30.7 Å². The third-order valence-electron chi connectivity index (χ3n) is 10.9. The zero-order chi connectivity index (χ0) is 35.2. The summed E-state index contributed by atoms with van der Waals surface area (Å²) in [7, 11) is 1.42. The number of amides is 3. The van der Waals surface area contributed by atoms with Crippen molar-refractivity contribution in [3.63, 3.8) is 0 Å². The lowest BCUT2D eigenvalue weighted by Crippen LogP contribution is -2.51. The zero-order valence-corrected chi connectivity index (χ0v) is 27.6. The maximum Gasteiger partial charge on any atom is 0.335 e. The molecular weight excluding hydrogens is 638 g/mol. The lowest BCUT2D eigenvalue weighted by Gasteiger charge is -2.56. The van der Waals surface area contributed by atoms with Crippen LogP contribution in [-0.4, -0.2) is 70.0 Å². The first-order chi connectivity index (χ1) is 24.0. The molecule has 4 aromatic rings. The second-order valence-corrected chi connectivity index (χ2v) is 14.4. The van der Waals surface area contributed by atoms with Crippen molar-refractivity contribution in [3.05, 3.63) is 94.8 Å². The molecule has 1 heterocycles. The van der Waals surface area contributed by atoms with Crippen LogP contribution in [0, 0.1) is 23.2 Å². The van der Waals surface area contributed by atoms with Crippen LogP contribution in [-0.2, 0) is 4.79 Å². The molecule has 0 radical (unpaired) electrons. The van der Waals surface area contributed by atoms with E-state index in [1.807, 2.05) is 0 Å². The predicted octanol–water partition coefficient (Wildman–Crippen LogP) is 5.08. The summed E-state index contributed by atoms with van der Waals surface area (Å²) in [5.41, 5.74) is 1.64. The maximum atomic E-state index is 14.0. The number of fused-ring (bicyclic) bond motifs is 1. The van der Waals surface area contributed by atoms with E-state index in [2.05, 4.69) is 20.6 Å². The van der Waals surface area contributed by atoms with Crippen LogP contribution in [0.3, 0.4) is 0 Å². The molecule has 0 spiro atoms. The standard InChI is InChI=1S/C38H39N5O7/c1-43(27-11-25(36(47)48)10-26(12-27)37(49)50)35(46)30(24-5-3-2-4-6-24)18-39-33(44)28-13-31-32(42-20-41-31)14-29(28)34(45)40-19-38-15-21-7-22(16-38)9-23(8-21)17-38/h2-6,10-14,20-23,30H,7-9,15-19H2,1H3,(H,39,44)(H,40,45)(H,41,42)(H,47,48)(H,49,50). The molecule has 1 aromatic heterocycles. The highest BCUT2D eigenvalue weighted by Crippen LogP contribution is 2.59. The van der Waals surface area contributed by atoms with Crippen molar-refractivity contribution in [2.75, 3.05) is 25.0 Å². The van der Waals surface area contributed by atoms with Gasteiger partial charge in [0.15, 0.2) is 0 Å². The van der Waals surface area contributed by atoms with Gasteiger partial charge >= 0.3 is 11.9 Å². The summed E-state index contributed by atoms with van der Waals surface area (Å²) < 4.78 is 0. The normalized spacial score (nSPS) is 22.5. The molecule has 50 heavy (non-hydrogen) atoms. The second kappa shape index (κ2) is 13.1. The fraction of sp³-hybridized carbons (Fsp3) is 0.368. The lowest BCUT2D eigenvalue weighted by atomic mass is 9.49. The number of H-pyrrole nitrogens is 1. The smallest absolute Gasteiger partial charge is 0.335 e. The first-order valence-corrected chi connectivity index (χ1v) is 17.0. The Morgan fingerprint density at radius 2 is 1.42 bits per heavy atom. The van der Waals surface area contributed by atoms with Crippen molar-refractivity contribution in [2.24, 2.45) is 23.2 Å². The number of carbonyl (C=O) groups excluding carboxylic acids is 3. The van der Waals surface area contributed by atoms with Crippen LogP contribution in [0.25, 0.3) is 11.0 Å². The number of rotatable bonds is 11. The van der Waals surface area contributed by atoms with Crippen molar-refractivity contribution in [3.8, 4) is 0 Å². The number of benzene rings is 3. The van der Waals surface area contributed by atoms with Crippen LogP contribution in [0.5, 0.6) is 0 Å². The minimum absolute atomic E-state index is 0.0709. The zero-order valence-electron chi connectivity index (χ0n) is 27.6. The highest BCUT2D eigenvalue weighted by Gasteiger charge is 2.50. The van der Waals surface area contributed by atoms with E-state index in [4.69, 9.17) is 0 Å². The van der Waals surface area contributed by atoms with Crippen LogP contribution in [0.1, 0.15) is 91.4 Å². The van der Waals surface area contributed by atoms with Gasteiger partial charge in [0, 0.05) is 25.8 Å². The minimum atomic E-state index is -1.34. The van der Waals surface area contributed by atoms with Gasteiger partial charge in [-0.1, -0.05) is 30.3 Å². The van der Waals surface area contributed by atoms with E-state index in [-0.39, 0.29) is 45.8 Å². The van der Waals surface area contributed by atoms with Crippen LogP contribution in [0.15, 0.2) is 67.0 Å². The number of nitrogens with one attached hydrogen (secondary N) is 3. The van der Waals surface area contributed by atoms with E-state index in [1.54, 1.807) is 42.5 Å². The lowest BCUT2D eigenvalue weighted by molar-refractivity contribution is -0.119. The molecule has 4 bridgehead atoms. The molecule has 0 aliphatic heterocycles. The molecule has 12 heteroatoms. The number of aromatic amines is 1. The van der Waals surface area contributed by atoms with Crippen LogP contribution >= 0.6 is 0 Å². The summed E-state index contributed by atoms with van der Waals surface area (Å²) >= 11 is 0. The van der Waals surface area contributed by atoms with Gasteiger partial charge in [-0.25, -0.2) is 14.6 Å². The van der Waals surface area contributed by atoms with E-state index < -0.39 is 29.7 Å². The van der Waals surface area contributed by atoms with E-state index in [0.29, 0.717) is 23.1 Å². The quantitative estimate of drug-likeness (QED) is 0.146. The average molecular weight is 678 g/mol. The third-order valence-corrected chi connectivity index (χ3v) is 10.9. The highest BCUT2D eigenvalue weighted by atomic mass is 16.4.